The van der Waals surface area contributed by atoms with Crippen molar-refractivity contribution in [3.63, 3.8) is 0 Å². The molecule has 0 saturated heterocycles. The Morgan fingerprint density at radius 2 is 2.00 bits per heavy atom. The first-order valence-corrected chi connectivity index (χ1v) is 11.2. The first-order valence-electron chi connectivity index (χ1n) is 11.2. The van der Waals surface area contributed by atoms with E-state index in [1.807, 2.05) is 49.4 Å². The van der Waals surface area contributed by atoms with Gasteiger partial charge in [-0.25, -0.2) is 4.79 Å². The van der Waals surface area contributed by atoms with Crippen molar-refractivity contribution in [2.24, 2.45) is 0 Å². The standard InChI is InChI=1S/C27H25N3O4/c1-16-22(20-7-3-4-9-24(20)30-16)13-25(31)29-15-19-12-17-6-5-8-21(26(17)34-19)23-11-10-18(14-28-23)27(32)33-2/h3-11,14,19,30H,12-13,15H2,1-2H3,(H,29,31). The molecule has 5 rings (SSSR count). The van der Waals surface area contributed by atoms with Gasteiger partial charge in [0, 0.05) is 34.8 Å². The zero-order valence-electron chi connectivity index (χ0n) is 19.1. The molecule has 0 radical (unpaired) electrons. The molecule has 3 heterocycles. The average molecular weight is 456 g/mol. The van der Waals surface area contributed by atoms with Crippen LogP contribution in [0.15, 0.2) is 60.8 Å². The number of para-hydroxylation sites is 2. The zero-order chi connectivity index (χ0) is 23.7. The minimum atomic E-state index is -0.424. The Labute approximate surface area is 197 Å². The zero-order valence-corrected chi connectivity index (χ0v) is 19.1. The lowest BCUT2D eigenvalue weighted by atomic mass is 10.0. The number of pyridine rings is 1. The third-order valence-corrected chi connectivity index (χ3v) is 6.18. The number of hydrogen-bond acceptors (Lipinski definition) is 5. The number of aromatic nitrogens is 2. The van der Waals surface area contributed by atoms with Gasteiger partial charge in [0.1, 0.15) is 11.9 Å². The van der Waals surface area contributed by atoms with Crippen LogP contribution >= 0.6 is 0 Å². The number of H-pyrrole nitrogens is 1. The minimum absolute atomic E-state index is 0.0345. The second-order valence-electron chi connectivity index (χ2n) is 8.42. The highest BCUT2D eigenvalue weighted by atomic mass is 16.5. The molecular formula is C27H25N3O4. The number of amides is 1. The van der Waals surface area contributed by atoms with E-state index in [0.717, 1.165) is 39.0 Å². The third kappa shape index (κ3) is 4.12. The molecule has 2 N–H and O–H groups in total. The van der Waals surface area contributed by atoms with Crippen LogP contribution < -0.4 is 10.1 Å². The highest BCUT2D eigenvalue weighted by Crippen LogP contribution is 2.38. The Morgan fingerprint density at radius 3 is 2.79 bits per heavy atom. The molecule has 0 saturated carbocycles. The minimum Gasteiger partial charge on any atom is -0.487 e. The number of carbonyl (C=O) groups is 2. The summed E-state index contributed by atoms with van der Waals surface area (Å²) in [5, 5.41) is 4.11. The quantitative estimate of drug-likeness (QED) is 0.429. The van der Waals surface area contributed by atoms with Crippen molar-refractivity contribution in [3.8, 4) is 17.0 Å². The number of nitrogens with one attached hydrogen (secondary N) is 2. The Morgan fingerprint density at radius 1 is 1.15 bits per heavy atom. The molecule has 1 aliphatic rings. The topological polar surface area (TPSA) is 93.3 Å². The van der Waals surface area contributed by atoms with Crippen LogP contribution in [0.4, 0.5) is 0 Å². The van der Waals surface area contributed by atoms with Crippen molar-refractivity contribution >= 4 is 22.8 Å². The van der Waals surface area contributed by atoms with Crippen LogP contribution in [0.3, 0.4) is 0 Å². The normalized spacial score (nSPS) is 14.5. The van der Waals surface area contributed by atoms with Gasteiger partial charge in [-0.1, -0.05) is 30.3 Å². The van der Waals surface area contributed by atoms with E-state index in [-0.39, 0.29) is 12.0 Å². The molecule has 1 unspecified atom stereocenters. The van der Waals surface area contributed by atoms with E-state index in [9.17, 15) is 9.59 Å². The summed E-state index contributed by atoms with van der Waals surface area (Å²) in [6.07, 6.45) is 2.37. The molecule has 0 aliphatic carbocycles. The van der Waals surface area contributed by atoms with Gasteiger partial charge in [-0.3, -0.25) is 9.78 Å². The van der Waals surface area contributed by atoms with Crippen molar-refractivity contribution in [1.82, 2.24) is 15.3 Å². The molecule has 34 heavy (non-hydrogen) atoms. The van der Waals surface area contributed by atoms with Crippen LogP contribution in [0.1, 0.15) is 27.2 Å². The molecule has 172 valence electrons. The van der Waals surface area contributed by atoms with Crippen molar-refractivity contribution in [2.45, 2.75) is 25.9 Å². The highest BCUT2D eigenvalue weighted by Gasteiger charge is 2.26. The fourth-order valence-electron chi connectivity index (χ4n) is 4.46. The summed E-state index contributed by atoms with van der Waals surface area (Å²) >= 11 is 0. The molecule has 0 spiro atoms. The van der Waals surface area contributed by atoms with Crippen LogP contribution in [0.25, 0.3) is 22.2 Å². The molecule has 1 aliphatic heterocycles. The largest absolute Gasteiger partial charge is 0.487 e. The Bertz CT molecular complexity index is 1370. The number of carbonyl (C=O) groups excluding carboxylic acids is 2. The summed E-state index contributed by atoms with van der Waals surface area (Å²) in [6.45, 7) is 2.41. The summed E-state index contributed by atoms with van der Waals surface area (Å²) in [6, 6.07) is 17.4. The second kappa shape index (κ2) is 9.02. The van der Waals surface area contributed by atoms with Crippen molar-refractivity contribution < 1.29 is 19.1 Å². The molecular weight excluding hydrogens is 430 g/mol. The summed E-state index contributed by atoms with van der Waals surface area (Å²) in [7, 11) is 1.34. The van der Waals surface area contributed by atoms with E-state index in [1.54, 1.807) is 12.1 Å². The molecule has 7 nitrogen and oxygen atoms in total. The fourth-order valence-corrected chi connectivity index (χ4v) is 4.46. The SMILES string of the molecule is COC(=O)c1ccc(-c2cccc3c2OC(CNC(=O)Cc2c(C)[nH]c4ccccc24)C3)nc1. The van der Waals surface area contributed by atoms with Crippen LogP contribution in [0.5, 0.6) is 5.75 Å². The third-order valence-electron chi connectivity index (χ3n) is 6.18. The van der Waals surface area contributed by atoms with Crippen LogP contribution in [0.2, 0.25) is 0 Å². The van der Waals surface area contributed by atoms with Gasteiger partial charge in [0.2, 0.25) is 5.91 Å². The summed E-state index contributed by atoms with van der Waals surface area (Å²) in [5.41, 5.74) is 6.11. The number of aryl methyl sites for hydroxylation is 1. The van der Waals surface area contributed by atoms with E-state index in [0.29, 0.717) is 30.6 Å². The average Bonchev–Trinajstić information content (AvgIpc) is 3.42. The second-order valence-corrected chi connectivity index (χ2v) is 8.42. The number of esters is 1. The summed E-state index contributed by atoms with van der Waals surface area (Å²) in [4.78, 5) is 32.1. The molecule has 1 amide bonds. The lowest BCUT2D eigenvalue weighted by Gasteiger charge is -2.13. The van der Waals surface area contributed by atoms with E-state index >= 15 is 0 Å². The van der Waals surface area contributed by atoms with Crippen molar-refractivity contribution in [1.29, 1.82) is 0 Å². The Balaban J connectivity index is 1.25. The lowest BCUT2D eigenvalue weighted by molar-refractivity contribution is -0.120. The first-order chi connectivity index (χ1) is 16.5. The molecule has 2 aromatic heterocycles. The molecule has 0 bridgehead atoms. The number of fused-ring (bicyclic) bond motifs is 2. The predicted octanol–water partition coefficient (Wildman–Crippen LogP) is 3.99. The van der Waals surface area contributed by atoms with Gasteiger partial charge in [0.05, 0.1) is 31.3 Å². The van der Waals surface area contributed by atoms with Crippen LogP contribution in [-0.4, -0.2) is 41.6 Å². The molecule has 1 atom stereocenters. The molecule has 7 heteroatoms. The first kappa shape index (κ1) is 21.7. The Kier molecular flexibility index (Phi) is 5.76. The van der Waals surface area contributed by atoms with Gasteiger partial charge < -0.3 is 19.8 Å². The number of hydrogen-bond donors (Lipinski definition) is 2. The van der Waals surface area contributed by atoms with Gasteiger partial charge in [-0.15, -0.1) is 0 Å². The van der Waals surface area contributed by atoms with Gasteiger partial charge in [-0.05, 0) is 42.3 Å². The lowest BCUT2D eigenvalue weighted by Crippen LogP contribution is -2.35. The van der Waals surface area contributed by atoms with Gasteiger partial charge >= 0.3 is 5.97 Å². The van der Waals surface area contributed by atoms with Gasteiger partial charge in [0.25, 0.3) is 0 Å². The molecule has 0 fully saturated rings. The maximum Gasteiger partial charge on any atom is 0.339 e. The Hall–Kier alpha value is -4.13. The molecule has 2 aromatic carbocycles. The fraction of sp³-hybridized carbons (Fsp3) is 0.222. The van der Waals surface area contributed by atoms with Crippen LogP contribution in [-0.2, 0) is 22.4 Å². The number of rotatable bonds is 6. The summed E-state index contributed by atoms with van der Waals surface area (Å²) < 4.78 is 11.0. The number of ether oxygens (including phenoxy) is 2. The summed E-state index contributed by atoms with van der Waals surface area (Å²) in [5.74, 6) is 0.312. The predicted molar refractivity (Wildman–Crippen MR) is 129 cm³/mol. The molecule has 4 aromatic rings. The van der Waals surface area contributed by atoms with Crippen molar-refractivity contribution in [3.05, 3.63) is 83.2 Å². The maximum atomic E-state index is 12.7. The highest BCUT2D eigenvalue weighted by molar-refractivity contribution is 5.90. The smallest absolute Gasteiger partial charge is 0.339 e. The van der Waals surface area contributed by atoms with Crippen molar-refractivity contribution in [2.75, 3.05) is 13.7 Å². The van der Waals surface area contributed by atoms with E-state index in [4.69, 9.17) is 9.47 Å². The number of aromatic amines is 1. The van der Waals surface area contributed by atoms with E-state index < -0.39 is 5.97 Å². The van der Waals surface area contributed by atoms with Gasteiger partial charge in [-0.2, -0.15) is 0 Å². The maximum absolute atomic E-state index is 12.7. The number of benzene rings is 2. The van der Waals surface area contributed by atoms with Gasteiger partial charge in [0.15, 0.2) is 0 Å². The van der Waals surface area contributed by atoms with E-state index in [2.05, 4.69) is 15.3 Å². The monoisotopic (exact) mass is 455 g/mol. The number of nitrogens with zero attached hydrogens (tertiary/aromatic N) is 1. The van der Waals surface area contributed by atoms with Crippen LogP contribution in [0, 0.1) is 6.92 Å². The van der Waals surface area contributed by atoms with E-state index in [1.165, 1.54) is 13.3 Å². The number of methoxy groups -OCH3 is 1.